The lowest BCUT2D eigenvalue weighted by molar-refractivity contribution is 0.0600. The third-order valence-corrected chi connectivity index (χ3v) is 4.54. The lowest BCUT2D eigenvalue weighted by Gasteiger charge is -2.12. The molecule has 0 aliphatic carbocycles. The molecule has 150 valence electrons. The molecule has 0 N–H and O–H groups in total. The normalized spacial score (nSPS) is 10.6. The number of aromatic nitrogens is 1. The highest BCUT2D eigenvalue weighted by Crippen LogP contribution is 2.22. The molecule has 8 heteroatoms. The predicted octanol–water partition coefficient (Wildman–Crippen LogP) is 4.19. The second kappa shape index (κ2) is 8.87. The van der Waals surface area contributed by atoms with Crippen molar-refractivity contribution in [2.75, 3.05) is 7.11 Å². The molecule has 0 spiro atoms. The molecular weight excluding hydrogens is 404 g/mol. The minimum absolute atomic E-state index is 0.0951. The van der Waals surface area contributed by atoms with Gasteiger partial charge in [0, 0.05) is 17.8 Å². The number of hydrogen-bond donors (Lipinski definition) is 0. The van der Waals surface area contributed by atoms with Gasteiger partial charge >= 0.3 is 5.97 Å². The van der Waals surface area contributed by atoms with E-state index in [-0.39, 0.29) is 29.5 Å². The highest BCUT2D eigenvalue weighted by atomic mass is 35.5. The summed E-state index contributed by atoms with van der Waals surface area (Å²) in [4.78, 5) is 24.0. The molecule has 0 radical (unpaired) electrons. The average molecular weight is 420 g/mol. The summed E-state index contributed by atoms with van der Waals surface area (Å²) in [6.07, 6.45) is 1.50. The Balaban J connectivity index is 1.73. The van der Waals surface area contributed by atoms with Crippen LogP contribution in [-0.4, -0.2) is 17.6 Å². The molecule has 2 aromatic carbocycles. The molecule has 0 aliphatic heterocycles. The summed E-state index contributed by atoms with van der Waals surface area (Å²) in [5, 5.41) is -0.152. The van der Waals surface area contributed by atoms with Gasteiger partial charge in [0.1, 0.15) is 29.0 Å². The van der Waals surface area contributed by atoms with E-state index in [4.69, 9.17) is 16.3 Å². The van der Waals surface area contributed by atoms with E-state index in [1.807, 2.05) is 0 Å². The second-order valence-corrected chi connectivity index (χ2v) is 6.52. The van der Waals surface area contributed by atoms with Gasteiger partial charge in [-0.3, -0.25) is 4.79 Å². The molecule has 0 saturated carbocycles. The Kier molecular flexibility index (Phi) is 6.29. The summed E-state index contributed by atoms with van der Waals surface area (Å²) < 4.78 is 38.1. The maximum absolute atomic E-state index is 13.7. The van der Waals surface area contributed by atoms with Crippen molar-refractivity contribution in [3.05, 3.63) is 98.4 Å². The maximum atomic E-state index is 13.7. The Morgan fingerprint density at radius 2 is 1.83 bits per heavy atom. The molecule has 0 amide bonds. The van der Waals surface area contributed by atoms with E-state index >= 15 is 0 Å². The van der Waals surface area contributed by atoms with Crippen molar-refractivity contribution < 1.29 is 23.0 Å². The van der Waals surface area contributed by atoms with Crippen molar-refractivity contribution in [1.82, 2.24) is 4.57 Å². The molecule has 3 aromatic rings. The molecule has 1 aromatic heterocycles. The SMILES string of the molecule is COC(=O)c1ccc(Cn2ccc(OCc3ccc(F)cc3F)c(Cl)c2=O)cc1. The monoisotopic (exact) mass is 419 g/mol. The number of methoxy groups -OCH3 is 1. The van der Waals surface area contributed by atoms with Crippen molar-refractivity contribution >= 4 is 17.6 Å². The largest absolute Gasteiger partial charge is 0.487 e. The fourth-order valence-corrected chi connectivity index (χ4v) is 2.85. The van der Waals surface area contributed by atoms with Crippen LogP contribution in [0.5, 0.6) is 5.75 Å². The van der Waals surface area contributed by atoms with Crippen molar-refractivity contribution in [1.29, 1.82) is 0 Å². The summed E-state index contributed by atoms with van der Waals surface area (Å²) in [5.74, 6) is -1.79. The Morgan fingerprint density at radius 1 is 1.10 bits per heavy atom. The van der Waals surface area contributed by atoms with Crippen molar-refractivity contribution in [2.24, 2.45) is 0 Å². The zero-order chi connectivity index (χ0) is 21.0. The third-order valence-electron chi connectivity index (χ3n) is 4.20. The highest BCUT2D eigenvalue weighted by Gasteiger charge is 2.12. The molecule has 0 unspecified atom stereocenters. The standard InChI is InChI=1S/C21H16ClF2NO4/c1-28-21(27)14-4-2-13(3-5-14)11-25-9-8-18(19(22)20(25)26)29-12-15-6-7-16(23)10-17(15)24/h2-10H,11-12H2,1H3. The minimum Gasteiger partial charge on any atom is -0.487 e. The number of hydrogen-bond acceptors (Lipinski definition) is 4. The first-order valence-electron chi connectivity index (χ1n) is 8.52. The number of benzene rings is 2. The van der Waals surface area contributed by atoms with Crippen LogP contribution in [-0.2, 0) is 17.9 Å². The second-order valence-electron chi connectivity index (χ2n) is 6.14. The maximum Gasteiger partial charge on any atom is 0.337 e. The van der Waals surface area contributed by atoms with Crippen LogP contribution in [0.2, 0.25) is 5.02 Å². The first kappa shape index (κ1) is 20.5. The van der Waals surface area contributed by atoms with Gasteiger partial charge in [-0.25, -0.2) is 13.6 Å². The van der Waals surface area contributed by atoms with Crippen LogP contribution in [0.3, 0.4) is 0 Å². The summed E-state index contributed by atoms with van der Waals surface area (Å²) >= 11 is 6.11. The van der Waals surface area contributed by atoms with E-state index in [1.54, 1.807) is 24.3 Å². The fourth-order valence-electron chi connectivity index (χ4n) is 2.62. The Labute approximate surface area is 170 Å². The molecule has 3 rings (SSSR count). The summed E-state index contributed by atoms with van der Waals surface area (Å²) in [7, 11) is 1.30. The molecule has 0 aliphatic rings. The number of halogens is 3. The van der Waals surface area contributed by atoms with Crippen LogP contribution >= 0.6 is 11.6 Å². The topological polar surface area (TPSA) is 57.5 Å². The zero-order valence-electron chi connectivity index (χ0n) is 15.3. The number of nitrogens with zero attached hydrogens (tertiary/aromatic N) is 1. The van der Waals surface area contributed by atoms with Crippen LogP contribution in [0, 0.1) is 11.6 Å². The van der Waals surface area contributed by atoms with Gasteiger partial charge in [-0.15, -0.1) is 0 Å². The molecule has 0 bridgehead atoms. The molecule has 0 fully saturated rings. The Hall–Kier alpha value is -3.19. The molecular formula is C21H16ClF2NO4. The minimum atomic E-state index is -0.745. The van der Waals surface area contributed by atoms with E-state index < -0.39 is 23.2 Å². The summed E-state index contributed by atoms with van der Waals surface area (Å²) in [6, 6.07) is 11.2. The fraction of sp³-hybridized carbons (Fsp3) is 0.143. The number of esters is 1. The van der Waals surface area contributed by atoms with Crippen LogP contribution in [0.25, 0.3) is 0 Å². The van der Waals surface area contributed by atoms with Gasteiger partial charge in [0.25, 0.3) is 5.56 Å². The first-order valence-corrected chi connectivity index (χ1v) is 8.89. The number of pyridine rings is 1. The van der Waals surface area contributed by atoms with Crippen LogP contribution < -0.4 is 10.3 Å². The lowest BCUT2D eigenvalue weighted by Crippen LogP contribution is -2.21. The third kappa shape index (κ3) is 4.81. The van der Waals surface area contributed by atoms with Crippen LogP contribution in [0.15, 0.2) is 59.5 Å². The van der Waals surface area contributed by atoms with E-state index in [9.17, 15) is 18.4 Å². The smallest absolute Gasteiger partial charge is 0.337 e. The highest BCUT2D eigenvalue weighted by molar-refractivity contribution is 6.31. The molecule has 1 heterocycles. The van der Waals surface area contributed by atoms with Gasteiger partial charge in [-0.1, -0.05) is 23.7 Å². The number of carbonyl (C=O) groups excluding carboxylic acids is 1. The van der Waals surface area contributed by atoms with Crippen molar-refractivity contribution in [3.63, 3.8) is 0 Å². The zero-order valence-corrected chi connectivity index (χ0v) is 16.1. The van der Waals surface area contributed by atoms with Crippen molar-refractivity contribution in [2.45, 2.75) is 13.2 Å². The first-order chi connectivity index (χ1) is 13.9. The number of carbonyl (C=O) groups is 1. The van der Waals surface area contributed by atoms with E-state index in [2.05, 4.69) is 4.74 Å². The molecule has 0 saturated heterocycles. The van der Waals surface area contributed by atoms with Gasteiger partial charge in [0.05, 0.1) is 19.2 Å². The van der Waals surface area contributed by atoms with E-state index in [0.29, 0.717) is 5.56 Å². The van der Waals surface area contributed by atoms with Gasteiger partial charge in [0.15, 0.2) is 0 Å². The summed E-state index contributed by atoms with van der Waals surface area (Å²) in [5.41, 5.74) is 0.828. The van der Waals surface area contributed by atoms with Crippen LogP contribution in [0.4, 0.5) is 8.78 Å². The Bertz CT molecular complexity index is 1100. The number of rotatable bonds is 6. The molecule has 29 heavy (non-hydrogen) atoms. The van der Waals surface area contributed by atoms with Gasteiger partial charge in [0.2, 0.25) is 0 Å². The van der Waals surface area contributed by atoms with Gasteiger partial charge in [-0.05, 0) is 35.9 Å². The van der Waals surface area contributed by atoms with E-state index in [0.717, 1.165) is 17.7 Å². The van der Waals surface area contributed by atoms with Crippen molar-refractivity contribution in [3.8, 4) is 5.75 Å². The molecule has 0 atom stereocenters. The van der Waals surface area contributed by atoms with Gasteiger partial charge < -0.3 is 14.0 Å². The predicted molar refractivity (Wildman–Crippen MR) is 103 cm³/mol. The number of ether oxygens (including phenoxy) is 2. The van der Waals surface area contributed by atoms with Gasteiger partial charge in [-0.2, -0.15) is 0 Å². The Morgan fingerprint density at radius 3 is 2.48 bits per heavy atom. The quantitative estimate of drug-likeness (QED) is 0.562. The van der Waals surface area contributed by atoms with E-state index in [1.165, 1.54) is 30.0 Å². The molecule has 5 nitrogen and oxygen atoms in total. The average Bonchev–Trinajstić information content (AvgIpc) is 2.72. The summed E-state index contributed by atoms with van der Waals surface area (Å²) in [6.45, 7) is 0.0250. The van der Waals surface area contributed by atoms with Crippen LogP contribution in [0.1, 0.15) is 21.5 Å². The lowest BCUT2D eigenvalue weighted by atomic mass is 10.1.